The van der Waals surface area contributed by atoms with E-state index in [0.29, 0.717) is 11.8 Å². The van der Waals surface area contributed by atoms with Crippen LogP contribution in [0.15, 0.2) is 28.0 Å². The Bertz CT molecular complexity index is 526. The van der Waals surface area contributed by atoms with Crippen LogP contribution in [-0.2, 0) is 16.2 Å². The smallest absolute Gasteiger partial charge is 0.214 e. The Labute approximate surface area is 108 Å². The molecule has 1 N–H and O–H groups in total. The Balaban J connectivity index is 3.41. The Morgan fingerprint density at radius 3 is 2.33 bits per heavy atom. The van der Waals surface area contributed by atoms with Gasteiger partial charge in [-0.05, 0) is 31.0 Å². The maximum atomic E-state index is 12.7. The zero-order valence-corrected chi connectivity index (χ0v) is 11.3. The van der Waals surface area contributed by atoms with E-state index in [-0.39, 0.29) is 9.79 Å². The maximum Gasteiger partial charge on any atom is 0.416 e. The summed E-state index contributed by atoms with van der Waals surface area (Å²) in [5.41, 5.74) is -0.963. The Hall–Kier alpha value is -0.730. The third-order valence-corrected chi connectivity index (χ3v) is 4.35. The van der Waals surface area contributed by atoms with Crippen molar-refractivity contribution in [3.8, 4) is 0 Å². The number of rotatable bonds is 4. The van der Waals surface area contributed by atoms with E-state index in [9.17, 15) is 21.6 Å². The fourth-order valence-corrected chi connectivity index (χ4v) is 2.89. The molecule has 0 heterocycles. The number of hydrogen-bond acceptors (Lipinski definition) is 3. The second kappa shape index (κ2) is 5.50. The molecule has 0 amide bonds. The summed E-state index contributed by atoms with van der Waals surface area (Å²) >= 11 is 1.15. The molecule has 0 radical (unpaired) electrons. The summed E-state index contributed by atoms with van der Waals surface area (Å²) in [4.78, 5) is -0.100. The summed E-state index contributed by atoms with van der Waals surface area (Å²) < 4.78 is 63.1. The van der Waals surface area contributed by atoms with E-state index in [1.807, 2.05) is 4.72 Å². The molecule has 1 aromatic carbocycles. The van der Waals surface area contributed by atoms with Gasteiger partial charge < -0.3 is 0 Å². The third kappa shape index (κ3) is 3.63. The Morgan fingerprint density at radius 2 is 1.89 bits per heavy atom. The van der Waals surface area contributed by atoms with E-state index in [2.05, 4.69) is 0 Å². The summed E-state index contributed by atoms with van der Waals surface area (Å²) in [6.45, 7) is 1.77. The van der Waals surface area contributed by atoms with Gasteiger partial charge in [-0.2, -0.15) is 13.2 Å². The lowest BCUT2D eigenvalue weighted by molar-refractivity contribution is -0.137. The van der Waals surface area contributed by atoms with Gasteiger partial charge >= 0.3 is 6.18 Å². The highest BCUT2D eigenvalue weighted by Gasteiger charge is 2.32. The normalized spacial score (nSPS) is 12.7. The average molecular weight is 299 g/mol. The number of thioether (sulfide) groups is 1. The summed E-state index contributed by atoms with van der Waals surface area (Å²) in [5, 5.41) is 0. The van der Waals surface area contributed by atoms with Gasteiger partial charge in [0.2, 0.25) is 10.0 Å². The van der Waals surface area contributed by atoms with Crippen molar-refractivity contribution in [1.82, 2.24) is 4.72 Å². The fourth-order valence-electron chi connectivity index (χ4n) is 1.26. The van der Waals surface area contributed by atoms with Crippen molar-refractivity contribution in [1.29, 1.82) is 0 Å². The molecule has 0 aromatic heterocycles. The van der Waals surface area contributed by atoms with Crippen LogP contribution >= 0.6 is 11.8 Å². The van der Waals surface area contributed by atoms with Crippen molar-refractivity contribution in [2.45, 2.75) is 22.9 Å². The quantitative estimate of drug-likeness (QED) is 0.870. The van der Waals surface area contributed by atoms with Crippen LogP contribution in [-0.4, -0.2) is 21.2 Å². The van der Waals surface area contributed by atoms with Gasteiger partial charge in [0.15, 0.2) is 0 Å². The fraction of sp³-hybridized carbons (Fsp3) is 0.400. The molecule has 0 aliphatic carbocycles. The number of alkyl halides is 3. The summed E-state index contributed by atoms with van der Waals surface area (Å²) in [5.74, 6) is 0.556. The van der Waals surface area contributed by atoms with Gasteiger partial charge in [-0.15, -0.1) is 11.8 Å². The first-order chi connectivity index (χ1) is 8.20. The molecule has 1 rings (SSSR count). The molecule has 0 fully saturated rings. The minimum atomic E-state index is -4.57. The molecule has 0 aliphatic rings. The molecule has 0 spiro atoms. The molecule has 0 saturated heterocycles. The number of hydrogen-bond donors (Lipinski definition) is 1. The van der Waals surface area contributed by atoms with E-state index in [0.717, 1.165) is 24.9 Å². The first-order valence-electron chi connectivity index (χ1n) is 4.99. The second-order valence-corrected chi connectivity index (χ2v) is 6.56. The minimum Gasteiger partial charge on any atom is -0.214 e. The molecule has 0 saturated carbocycles. The van der Waals surface area contributed by atoms with Crippen molar-refractivity contribution in [3.05, 3.63) is 23.8 Å². The zero-order valence-electron chi connectivity index (χ0n) is 9.71. The van der Waals surface area contributed by atoms with Crippen LogP contribution in [0.25, 0.3) is 0 Å². The van der Waals surface area contributed by atoms with Crippen LogP contribution in [0, 0.1) is 0 Å². The van der Waals surface area contributed by atoms with Gasteiger partial charge in [-0.3, -0.25) is 0 Å². The maximum absolute atomic E-state index is 12.7. The number of nitrogens with one attached hydrogen (secondary N) is 1. The highest BCUT2D eigenvalue weighted by molar-refractivity contribution is 7.99. The predicted molar refractivity (Wildman–Crippen MR) is 64.1 cm³/mol. The minimum absolute atomic E-state index is 0.279. The van der Waals surface area contributed by atoms with Crippen molar-refractivity contribution in [2.24, 2.45) is 0 Å². The Kier molecular flexibility index (Phi) is 4.68. The van der Waals surface area contributed by atoms with Crippen LogP contribution in [0.5, 0.6) is 0 Å². The zero-order chi connectivity index (χ0) is 14.0. The first kappa shape index (κ1) is 15.3. The van der Waals surface area contributed by atoms with Crippen molar-refractivity contribution in [2.75, 3.05) is 12.8 Å². The standard InChI is InChI=1S/C10H12F3NO2S2/c1-3-17-8-4-7(10(11,12)13)5-9(6-8)18(15,16)14-2/h4-6,14H,3H2,1-2H3. The van der Waals surface area contributed by atoms with Gasteiger partial charge in [-0.1, -0.05) is 6.92 Å². The molecule has 1 aromatic rings. The van der Waals surface area contributed by atoms with Crippen LogP contribution in [0.3, 0.4) is 0 Å². The number of benzene rings is 1. The van der Waals surface area contributed by atoms with Crippen molar-refractivity contribution in [3.63, 3.8) is 0 Å². The van der Waals surface area contributed by atoms with Crippen LogP contribution in [0.2, 0.25) is 0 Å². The molecule has 102 valence electrons. The topological polar surface area (TPSA) is 46.2 Å². The second-order valence-electron chi connectivity index (χ2n) is 3.33. The van der Waals surface area contributed by atoms with Crippen LogP contribution in [0.1, 0.15) is 12.5 Å². The largest absolute Gasteiger partial charge is 0.416 e. The number of halogens is 3. The predicted octanol–water partition coefficient (Wildman–Crippen LogP) is 2.73. The van der Waals surface area contributed by atoms with E-state index in [1.54, 1.807) is 6.92 Å². The Morgan fingerprint density at radius 1 is 1.28 bits per heavy atom. The van der Waals surface area contributed by atoms with E-state index in [1.165, 1.54) is 6.07 Å². The first-order valence-corrected chi connectivity index (χ1v) is 7.46. The molecule has 0 aliphatic heterocycles. The van der Waals surface area contributed by atoms with Gasteiger partial charge in [0.1, 0.15) is 0 Å². The average Bonchev–Trinajstić information content (AvgIpc) is 2.28. The molecular weight excluding hydrogens is 287 g/mol. The highest BCUT2D eigenvalue weighted by atomic mass is 32.2. The van der Waals surface area contributed by atoms with Gasteiger partial charge in [0.25, 0.3) is 0 Å². The molecule has 0 bridgehead atoms. The molecule has 18 heavy (non-hydrogen) atoms. The summed E-state index contributed by atoms with van der Waals surface area (Å²) in [7, 11) is -2.73. The van der Waals surface area contributed by atoms with E-state index in [4.69, 9.17) is 0 Å². The third-order valence-electron chi connectivity index (χ3n) is 2.10. The molecule has 0 unspecified atom stereocenters. The monoisotopic (exact) mass is 299 g/mol. The molecular formula is C10H12F3NO2S2. The lowest BCUT2D eigenvalue weighted by Gasteiger charge is -2.11. The van der Waals surface area contributed by atoms with E-state index >= 15 is 0 Å². The molecule has 3 nitrogen and oxygen atoms in total. The molecule has 8 heteroatoms. The highest BCUT2D eigenvalue weighted by Crippen LogP contribution is 2.34. The molecule has 0 atom stereocenters. The SMILES string of the molecule is CCSc1cc(C(F)(F)F)cc(S(=O)(=O)NC)c1. The van der Waals surface area contributed by atoms with Crippen molar-refractivity contribution >= 4 is 21.8 Å². The van der Waals surface area contributed by atoms with E-state index < -0.39 is 21.8 Å². The van der Waals surface area contributed by atoms with Crippen molar-refractivity contribution < 1.29 is 21.6 Å². The van der Waals surface area contributed by atoms with Gasteiger partial charge in [0, 0.05) is 4.90 Å². The summed E-state index contributed by atoms with van der Waals surface area (Å²) in [6, 6.07) is 2.81. The van der Waals surface area contributed by atoms with Gasteiger partial charge in [-0.25, -0.2) is 13.1 Å². The van der Waals surface area contributed by atoms with Crippen LogP contribution in [0.4, 0.5) is 13.2 Å². The lowest BCUT2D eigenvalue weighted by atomic mass is 10.2. The van der Waals surface area contributed by atoms with Crippen LogP contribution < -0.4 is 4.72 Å². The number of sulfonamides is 1. The lowest BCUT2D eigenvalue weighted by Crippen LogP contribution is -2.19. The summed E-state index contributed by atoms with van der Waals surface area (Å²) in [6.07, 6.45) is -4.57. The van der Waals surface area contributed by atoms with Gasteiger partial charge in [0.05, 0.1) is 10.5 Å².